The van der Waals surface area contributed by atoms with Gasteiger partial charge in [0.05, 0.1) is 0 Å². The minimum atomic E-state index is -1.20. The third kappa shape index (κ3) is 5.17. The van der Waals surface area contributed by atoms with Gasteiger partial charge in [-0.25, -0.2) is 4.79 Å². The number of carboxylic acid groups (broad SMARTS) is 1. The number of nitrogens with one attached hydrogen (secondary N) is 1. The molecule has 2 aromatic rings. The molecule has 6 nitrogen and oxygen atoms in total. The van der Waals surface area contributed by atoms with E-state index in [1.54, 1.807) is 0 Å². The number of hydrogen-bond acceptors (Lipinski definition) is 4. The van der Waals surface area contributed by atoms with Crippen LogP contribution < -0.4 is 5.32 Å². The Morgan fingerprint density at radius 2 is 1.44 bits per heavy atom. The zero-order valence-electron chi connectivity index (χ0n) is 13.7. The van der Waals surface area contributed by atoms with Gasteiger partial charge in [-0.3, -0.25) is 9.59 Å². The topological polar surface area (TPSA) is 92.7 Å². The summed E-state index contributed by atoms with van der Waals surface area (Å²) in [7, 11) is 0. The number of carbonyl (C=O) groups is 3. The van der Waals surface area contributed by atoms with Crippen molar-refractivity contribution in [3.63, 3.8) is 0 Å². The molecule has 0 aromatic heterocycles. The molecule has 0 spiro atoms. The van der Waals surface area contributed by atoms with Crippen LogP contribution in [0.4, 0.5) is 0 Å². The molecule has 1 atom stereocenters. The lowest BCUT2D eigenvalue weighted by atomic mass is 9.85. The van der Waals surface area contributed by atoms with Crippen LogP contribution in [0.15, 0.2) is 60.7 Å². The summed E-state index contributed by atoms with van der Waals surface area (Å²) < 4.78 is 4.63. The summed E-state index contributed by atoms with van der Waals surface area (Å²) >= 11 is 0. The zero-order valence-corrected chi connectivity index (χ0v) is 13.7. The van der Waals surface area contributed by atoms with Crippen molar-refractivity contribution in [1.82, 2.24) is 5.32 Å². The molecule has 0 heterocycles. The second kappa shape index (κ2) is 8.63. The van der Waals surface area contributed by atoms with Gasteiger partial charge in [-0.15, -0.1) is 0 Å². The van der Waals surface area contributed by atoms with Crippen molar-refractivity contribution in [2.45, 2.75) is 18.9 Å². The van der Waals surface area contributed by atoms with Crippen molar-refractivity contribution in [2.75, 3.05) is 6.61 Å². The summed E-state index contributed by atoms with van der Waals surface area (Å²) in [6, 6.07) is 17.0. The monoisotopic (exact) mass is 341 g/mol. The van der Waals surface area contributed by atoms with E-state index < -0.39 is 36.4 Å². The summed E-state index contributed by atoms with van der Waals surface area (Å²) in [5.41, 5.74) is 1.52. The fraction of sp³-hybridized carbons (Fsp3) is 0.211. The summed E-state index contributed by atoms with van der Waals surface area (Å²) in [5, 5.41) is 12.1. The van der Waals surface area contributed by atoms with Crippen LogP contribution in [0.25, 0.3) is 0 Å². The van der Waals surface area contributed by atoms with E-state index in [4.69, 9.17) is 0 Å². The van der Waals surface area contributed by atoms with Crippen LogP contribution in [-0.2, 0) is 19.1 Å². The Kier molecular flexibility index (Phi) is 6.28. The molecule has 2 N–H and O–H groups in total. The van der Waals surface area contributed by atoms with Gasteiger partial charge in [0.15, 0.2) is 6.61 Å². The fourth-order valence-electron chi connectivity index (χ4n) is 2.57. The van der Waals surface area contributed by atoms with Crippen LogP contribution in [0.2, 0.25) is 0 Å². The highest BCUT2D eigenvalue weighted by molar-refractivity contribution is 5.86. The van der Waals surface area contributed by atoms with E-state index >= 15 is 0 Å². The van der Waals surface area contributed by atoms with E-state index in [1.165, 1.54) is 6.92 Å². The van der Waals surface area contributed by atoms with Gasteiger partial charge in [-0.05, 0) is 11.1 Å². The van der Waals surface area contributed by atoms with Crippen LogP contribution in [0.1, 0.15) is 24.0 Å². The van der Waals surface area contributed by atoms with E-state index in [0.717, 1.165) is 11.1 Å². The van der Waals surface area contributed by atoms with Gasteiger partial charge < -0.3 is 15.2 Å². The molecule has 0 aliphatic carbocycles. The first-order chi connectivity index (χ1) is 12.0. The highest BCUT2D eigenvalue weighted by Crippen LogP contribution is 2.28. The Hall–Kier alpha value is -3.15. The SMILES string of the molecule is CC(=O)OCC(=O)N[C@@H](C(=O)O)C(c1ccccc1)c1ccccc1. The summed E-state index contributed by atoms with van der Waals surface area (Å²) in [6.45, 7) is 0.661. The van der Waals surface area contributed by atoms with E-state index in [-0.39, 0.29) is 0 Å². The Balaban J connectivity index is 2.33. The molecule has 0 aliphatic heterocycles. The van der Waals surface area contributed by atoms with E-state index in [2.05, 4.69) is 10.1 Å². The first-order valence-corrected chi connectivity index (χ1v) is 7.74. The molecule has 2 aromatic carbocycles. The molecule has 0 saturated carbocycles. The Morgan fingerprint density at radius 1 is 0.960 bits per heavy atom. The lowest BCUT2D eigenvalue weighted by Gasteiger charge is -2.26. The maximum absolute atomic E-state index is 12.0. The number of amides is 1. The van der Waals surface area contributed by atoms with E-state index in [9.17, 15) is 19.5 Å². The van der Waals surface area contributed by atoms with Gasteiger partial charge in [-0.1, -0.05) is 60.7 Å². The average Bonchev–Trinajstić information content (AvgIpc) is 2.61. The third-order valence-corrected chi connectivity index (χ3v) is 3.64. The van der Waals surface area contributed by atoms with Gasteiger partial charge >= 0.3 is 11.9 Å². The van der Waals surface area contributed by atoms with Crippen molar-refractivity contribution in [3.8, 4) is 0 Å². The normalized spacial score (nSPS) is 11.6. The summed E-state index contributed by atoms with van der Waals surface area (Å²) in [4.78, 5) is 34.6. The minimum Gasteiger partial charge on any atom is -0.480 e. The lowest BCUT2D eigenvalue weighted by Crippen LogP contribution is -2.46. The van der Waals surface area contributed by atoms with Crippen LogP contribution in [0.3, 0.4) is 0 Å². The quantitative estimate of drug-likeness (QED) is 0.751. The molecule has 0 bridgehead atoms. The molecule has 0 aliphatic rings. The van der Waals surface area contributed by atoms with Gasteiger partial charge in [0.2, 0.25) is 0 Å². The highest BCUT2D eigenvalue weighted by Gasteiger charge is 2.32. The predicted octanol–water partition coefficient (Wildman–Crippen LogP) is 1.95. The van der Waals surface area contributed by atoms with Gasteiger partial charge in [0.25, 0.3) is 5.91 Å². The molecule has 0 radical (unpaired) electrons. The Bertz CT molecular complexity index is 690. The maximum atomic E-state index is 12.0. The molecule has 0 fully saturated rings. The molecular weight excluding hydrogens is 322 g/mol. The Labute approximate surface area is 145 Å². The second-order valence-electron chi connectivity index (χ2n) is 5.46. The molecule has 6 heteroatoms. The number of ether oxygens (including phenoxy) is 1. The van der Waals surface area contributed by atoms with Crippen LogP contribution in [0, 0.1) is 0 Å². The van der Waals surface area contributed by atoms with Gasteiger partial charge in [-0.2, -0.15) is 0 Å². The molecule has 25 heavy (non-hydrogen) atoms. The van der Waals surface area contributed by atoms with E-state index in [0.29, 0.717) is 0 Å². The summed E-state index contributed by atoms with van der Waals surface area (Å²) in [5.74, 6) is -3.03. The number of aliphatic carboxylic acids is 1. The molecule has 1 amide bonds. The van der Waals surface area contributed by atoms with Crippen molar-refractivity contribution < 1.29 is 24.2 Å². The van der Waals surface area contributed by atoms with Crippen molar-refractivity contribution in [3.05, 3.63) is 71.8 Å². The minimum absolute atomic E-state index is 0.518. The number of esters is 1. The van der Waals surface area contributed by atoms with Crippen LogP contribution in [0.5, 0.6) is 0 Å². The molecular formula is C19H19NO5. The molecule has 0 saturated heterocycles. The average molecular weight is 341 g/mol. The largest absolute Gasteiger partial charge is 0.480 e. The van der Waals surface area contributed by atoms with Crippen LogP contribution >= 0.6 is 0 Å². The molecule has 0 unspecified atom stereocenters. The second-order valence-corrected chi connectivity index (χ2v) is 5.46. The smallest absolute Gasteiger partial charge is 0.327 e. The highest BCUT2D eigenvalue weighted by atomic mass is 16.5. The third-order valence-electron chi connectivity index (χ3n) is 3.64. The van der Waals surface area contributed by atoms with Crippen molar-refractivity contribution >= 4 is 17.8 Å². The number of carbonyl (C=O) groups excluding carboxylic acids is 2. The number of carboxylic acids is 1. The number of hydrogen-bond donors (Lipinski definition) is 2. The fourth-order valence-corrected chi connectivity index (χ4v) is 2.57. The van der Waals surface area contributed by atoms with Crippen molar-refractivity contribution in [1.29, 1.82) is 0 Å². The number of benzene rings is 2. The summed E-state index contributed by atoms with van der Waals surface area (Å²) in [6.07, 6.45) is 0. The predicted molar refractivity (Wildman–Crippen MR) is 90.9 cm³/mol. The lowest BCUT2D eigenvalue weighted by molar-refractivity contribution is -0.148. The zero-order chi connectivity index (χ0) is 18.2. The van der Waals surface area contributed by atoms with E-state index in [1.807, 2.05) is 60.7 Å². The molecule has 130 valence electrons. The van der Waals surface area contributed by atoms with Gasteiger partial charge in [0, 0.05) is 12.8 Å². The van der Waals surface area contributed by atoms with Crippen molar-refractivity contribution in [2.24, 2.45) is 0 Å². The first-order valence-electron chi connectivity index (χ1n) is 7.74. The maximum Gasteiger partial charge on any atom is 0.327 e. The standard InChI is InChI=1S/C19H19NO5/c1-13(21)25-12-16(22)20-18(19(23)24)17(14-8-4-2-5-9-14)15-10-6-3-7-11-15/h2-11,17-18H,12H2,1H3,(H,20,22)(H,23,24)/t18-/m1/s1. The van der Waals surface area contributed by atoms with Crippen LogP contribution in [-0.4, -0.2) is 35.6 Å². The van der Waals surface area contributed by atoms with Gasteiger partial charge in [0.1, 0.15) is 6.04 Å². The first kappa shape index (κ1) is 18.2. The number of rotatable bonds is 7. The Morgan fingerprint density at radius 3 is 1.84 bits per heavy atom. The molecule has 2 rings (SSSR count).